The molecule has 80 valence electrons. The molecule has 0 aromatic heterocycles. The highest BCUT2D eigenvalue weighted by molar-refractivity contribution is 5.69. The molecule has 0 aliphatic carbocycles. The molecule has 0 saturated heterocycles. The van der Waals surface area contributed by atoms with Gasteiger partial charge in [-0.1, -0.05) is 36.4 Å². The van der Waals surface area contributed by atoms with E-state index in [2.05, 4.69) is 0 Å². The lowest BCUT2D eigenvalue weighted by molar-refractivity contribution is 0.475. The molecule has 0 heterocycles. The van der Waals surface area contributed by atoms with Crippen LogP contribution in [-0.4, -0.2) is 5.11 Å². The maximum absolute atomic E-state index is 12.6. The Bertz CT molecular complexity index is 436. The fraction of sp³-hybridized carbons (Fsp3) is 0. The molecule has 16 heavy (non-hydrogen) atoms. The van der Waals surface area contributed by atoms with Crippen LogP contribution < -0.4 is 0 Å². The first-order valence-electron chi connectivity index (χ1n) is 4.97. The van der Waals surface area contributed by atoms with Gasteiger partial charge in [-0.25, -0.2) is 4.39 Å². The van der Waals surface area contributed by atoms with E-state index in [4.69, 9.17) is 5.11 Å². The third-order valence-corrected chi connectivity index (χ3v) is 2.23. The van der Waals surface area contributed by atoms with Crippen molar-refractivity contribution in [3.8, 4) is 5.75 Å². The predicted molar refractivity (Wildman–Crippen MR) is 63.4 cm³/mol. The van der Waals surface area contributed by atoms with Crippen molar-refractivity contribution in [1.82, 2.24) is 0 Å². The second kappa shape index (κ2) is 4.62. The van der Waals surface area contributed by atoms with Gasteiger partial charge in [0.2, 0.25) is 0 Å². The Morgan fingerprint density at radius 1 is 0.750 bits per heavy atom. The lowest BCUT2D eigenvalue weighted by Gasteiger charge is -1.95. The van der Waals surface area contributed by atoms with Gasteiger partial charge in [0.05, 0.1) is 0 Å². The largest absolute Gasteiger partial charge is 0.508 e. The quantitative estimate of drug-likeness (QED) is 0.756. The second-order valence-electron chi connectivity index (χ2n) is 3.48. The summed E-state index contributed by atoms with van der Waals surface area (Å²) in [5.41, 5.74) is 1.93. The molecule has 0 radical (unpaired) electrons. The zero-order valence-corrected chi connectivity index (χ0v) is 8.60. The van der Waals surface area contributed by atoms with Gasteiger partial charge in [0.1, 0.15) is 11.6 Å². The first-order chi connectivity index (χ1) is 7.74. The minimum atomic E-state index is -0.234. The molecule has 0 aliphatic rings. The Hall–Kier alpha value is -2.09. The van der Waals surface area contributed by atoms with E-state index in [-0.39, 0.29) is 11.6 Å². The summed E-state index contributed by atoms with van der Waals surface area (Å²) in [5.74, 6) is 0.0146. The zero-order valence-electron chi connectivity index (χ0n) is 8.60. The molecule has 0 atom stereocenters. The topological polar surface area (TPSA) is 20.2 Å². The normalized spacial score (nSPS) is 10.8. The molecule has 0 aliphatic heterocycles. The second-order valence-corrected chi connectivity index (χ2v) is 3.48. The Morgan fingerprint density at radius 3 is 1.69 bits per heavy atom. The van der Waals surface area contributed by atoms with Crippen molar-refractivity contribution in [2.24, 2.45) is 0 Å². The fourth-order valence-electron chi connectivity index (χ4n) is 1.35. The van der Waals surface area contributed by atoms with Crippen molar-refractivity contribution in [2.75, 3.05) is 0 Å². The SMILES string of the molecule is Oc1ccc(C=Cc2ccc(F)cc2)cc1. The van der Waals surface area contributed by atoms with Crippen molar-refractivity contribution >= 4 is 12.2 Å². The van der Waals surface area contributed by atoms with Crippen LogP contribution in [-0.2, 0) is 0 Å². The highest BCUT2D eigenvalue weighted by Gasteiger charge is 1.90. The predicted octanol–water partition coefficient (Wildman–Crippen LogP) is 3.70. The van der Waals surface area contributed by atoms with Crippen LogP contribution in [0.5, 0.6) is 5.75 Å². The molecule has 0 saturated carbocycles. The minimum absolute atomic E-state index is 0.234. The maximum atomic E-state index is 12.6. The van der Waals surface area contributed by atoms with Crippen molar-refractivity contribution in [2.45, 2.75) is 0 Å². The number of aromatic hydroxyl groups is 1. The lowest BCUT2D eigenvalue weighted by atomic mass is 10.1. The third-order valence-electron chi connectivity index (χ3n) is 2.23. The van der Waals surface area contributed by atoms with E-state index in [1.54, 1.807) is 24.3 Å². The Kier molecular flexibility index (Phi) is 3.01. The lowest BCUT2D eigenvalue weighted by Crippen LogP contribution is -1.75. The Morgan fingerprint density at radius 2 is 1.19 bits per heavy atom. The first kappa shape index (κ1) is 10.4. The molecule has 2 heteroatoms. The summed E-state index contributed by atoms with van der Waals surface area (Å²) >= 11 is 0. The van der Waals surface area contributed by atoms with Crippen molar-refractivity contribution < 1.29 is 9.50 Å². The van der Waals surface area contributed by atoms with E-state index in [9.17, 15) is 4.39 Å². The van der Waals surface area contributed by atoms with Crippen LogP contribution in [0, 0.1) is 5.82 Å². The summed E-state index contributed by atoms with van der Waals surface area (Å²) in [6, 6.07) is 13.2. The molecule has 1 nitrogen and oxygen atoms in total. The highest BCUT2D eigenvalue weighted by atomic mass is 19.1. The Labute approximate surface area is 93.5 Å². The van der Waals surface area contributed by atoms with Gasteiger partial charge >= 0.3 is 0 Å². The number of rotatable bonds is 2. The summed E-state index contributed by atoms with van der Waals surface area (Å²) < 4.78 is 12.6. The van der Waals surface area contributed by atoms with Crippen LogP contribution in [0.4, 0.5) is 4.39 Å². The molecule has 2 aromatic rings. The van der Waals surface area contributed by atoms with E-state index >= 15 is 0 Å². The van der Waals surface area contributed by atoms with E-state index in [1.807, 2.05) is 24.3 Å². The number of phenolic OH excluding ortho intramolecular Hbond substituents is 1. The van der Waals surface area contributed by atoms with Crippen molar-refractivity contribution in [3.05, 3.63) is 65.5 Å². The Balaban J connectivity index is 2.15. The van der Waals surface area contributed by atoms with Gasteiger partial charge in [-0.2, -0.15) is 0 Å². The molecular formula is C14H11FO. The van der Waals surface area contributed by atoms with Crippen LogP contribution in [0.15, 0.2) is 48.5 Å². The fourth-order valence-corrected chi connectivity index (χ4v) is 1.35. The molecule has 1 N–H and O–H groups in total. The standard InChI is InChI=1S/C14H11FO/c15-13-7-3-11(4-8-13)1-2-12-5-9-14(16)10-6-12/h1-10,16H. The molecule has 0 bridgehead atoms. The van der Waals surface area contributed by atoms with Gasteiger partial charge in [-0.3, -0.25) is 0 Å². The van der Waals surface area contributed by atoms with Gasteiger partial charge in [-0.05, 0) is 35.4 Å². The number of halogens is 1. The molecule has 2 rings (SSSR count). The summed E-state index contributed by atoms with van der Waals surface area (Å²) in [6.45, 7) is 0. The number of phenols is 1. The van der Waals surface area contributed by atoms with E-state index < -0.39 is 0 Å². The summed E-state index contributed by atoms with van der Waals surface area (Å²) in [7, 11) is 0. The van der Waals surface area contributed by atoms with Gasteiger partial charge < -0.3 is 5.11 Å². The molecule has 2 aromatic carbocycles. The van der Waals surface area contributed by atoms with Crippen LogP contribution in [0.2, 0.25) is 0 Å². The van der Waals surface area contributed by atoms with Gasteiger partial charge in [0.15, 0.2) is 0 Å². The van der Waals surface area contributed by atoms with Crippen LogP contribution >= 0.6 is 0 Å². The monoisotopic (exact) mass is 214 g/mol. The molecule has 0 fully saturated rings. The smallest absolute Gasteiger partial charge is 0.123 e. The van der Waals surface area contributed by atoms with Crippen molar-refractivity contribution in [1.29, 1.82) is 0 Å². The van der Waals surface area contributed by atoms with Crippen LogP contribution in [0.25, 0.3) is 12.2 Å². The summed E-state index contributed by atoms with van der Waals surface area (Å²) in [5, 5.41) is 9.11. The number of hydrogen-bond donors (Lipinski definition) is 1. The van der Waals surface area contributed by atoms with Crippen LogP contribution in [0.1, 0.15) is 11.1 Å². The van der Waals surface area contributed by atoms with Gasteiger partial charge in [-0.15, -0.1) is 0 Å². The van der Waals surface area contributed by atoms with Gasteiger partial charge in [0, 0.05) is 0 Å². The molecule has 0 spiro atoms. The average Bonchev–Trinajstić information content (AvgIpc) is 2.30. The number of hydrogen-bond acceptors (Lipinski definition) is 1. The molecule has 0 unspecified atom stereocenters. The summed E-state index contributed by atoms with van der Waals surface area (Å²) in [4.78, 5) is 0. The minimum Gasteiger partial charge on any atom is -0.508 e. The van der Waals surface area contributed by atoms with E-state index in [0.717, 1.165) is 11.1 Å². The maximum Gasteiger partial charge on any atom is 0.123 e. The molecular weight excluding hydrogens is 203 g/mol. The highest BCUT2D eigenvalue weighted by Crippen LogP contribution is 2.13. The third kappa shape index (κ3) is 2.70. The molecule has 0 amide bonds. The van der Waals surface area contributed by atoms with E-state index in [0.29, 0.717) is 0 Å². The van der Waals surface area contributed by atoms with E-state index in [1.165, 1.54) is 12.1 Å². The zero-order chi connectivity index (χ0) is 11.4. The number of benzene rings is 2. The first-order valence-corrected chi connectivity index (χ1v) is 4.97. The summed E-state index contributed by atoms with van der Waals surface area (Å²) in [6.07, 6.45) is 3.80. The van der Waals surface area contributed by atoms with Crippen LogP contribution in [0.3, 0.4) is 0 Å². The van der Waals surface area contributed by atoms with Gasteiger partial charge in [0.25, 0.3) is 0 Å². The van der Waals surface area contributed by atoms with Crippen molar-refractivity contribution in [3.63, 3.8) is 0 Å². The average molecular weight is 214 g/mol.